The molecule has 0 aromatic heterocycles. The van der Waals surface area contributed by atoms with E-state index < -0.39 is 0 Å². The highest BCUT2D eigenvalue weighted by Gasteiger charge is 2.42. The van der Waals surface area contributed by atoms with Crippen LogP contribution >= 0.6 is 11.8 Å². The van der Waals surface area contributed by atoms with Gasteiger partial charge in [-0.3, -0.25) is 0 Å². The molecule has 110 valence electrons. The van der Waals surface area contributed by atoms with Gasteiger partial charge in [0.1, 0.15) is 0 Å². The van der Waals surface area contributed by atoms with Gasteiger partial charge in [-0.1, -0.05) is 44.9 Å². The Bertz CT molecular complexity index is 429. The lowest BCUT2D eigenvalue weighted by atomic mass is 10.0. The van der Waals surface area contributed by atoms with Crippen LogP contribution < -0.4 is 5.32 Å². The van der Waals surface area contributed by atoms with Gasteiger partial charge in [0.15, 0.2) is 0 Å². The molecular formula is C16H24N2OS. The third-order valence-electron chi connectivity index (χ3n) is 3.73. The minimum absolute atomic E-state index is 0.00234. The summed E-state index contributed by atoms with van der Waals surface area (Å²) in [5.74, 6) is 1.04. The standard InChI is InChI=1S/C16H24N2OS/c1-3-10-16(11-4-2)18(12-13-20-16)15(19)17-14-8-6-5-7-9-14/h5-9H,3-4,10-13H2,1-2H3,(H,17,19). The number of benzene rings is 1. The molecule has 2 amide bonds. The van der Waals surface area contributed by atoms with Crippen molar-refractivity contribution in [1.82, 2.24) is 4.90 Å². The van der Waals surface area contributed by atoms with Crippen LogP contribution in [0.15, 0.2) is 30.3 Å². The van der Waals surface area contributed by atoms with Gasteiger partial charge in [0, 0.05) is 18.0 Å². The predicted octanol–water partition coefficient (Wildman–Crippen LogP) is 4.56. The molecule has 1 saturated heterocycles. The van der Waals surface area contributed by atoms with E-state index in [1.165, 1.54) is 0 Å². The number of hydrogen-bond acceptors (Lipinski definition) is 2. The van der Waals surface area contributed by atoms with Crippen LogP contribution in [0.4, 0.5) is 10.5 Å². The summed E-state index contributed by atoms with van der Waals surface area (Å²) in [6.45, 7) is 5.25. The van der Waals surface area contributed by atoms with Crippen molar-refractivity contribution >= 4 is 23.5 Å². The minimum Gasteiger partial charge on any atom is -0.309 e. The summed E-state index contributed by atoms with van der Waals surface area (Å²) < 4.78 is 0. The Hall–Kier alpha value is -1.16. The van der Waals surface area contributed by atoms with Crippen molar-refractivity contribution < 1.29 is 4.79 Å². The molecule has 0 spiro atoms. The second-order valence-corrected chi connectivity index (χ2v) is 6.70. The first kappa shape index (κ1) is 15.2. The second kappa shape index (κ2) is 7.02. The molecule has 0 saturated carbocycles. The maximum atomic E-state index is 12.6. The van der Waals surface area contributed by atoms with E-state index in [4.69, 9.17) is 0 Å². The summed E-state index contributed by atoms with van der Waals surface area (Å²) in [6, 6.07) is 9.76. The van der Waals surface area contributed by atoms with E-state index >= 15 is 0 Å². The highest BCUT2D eigenvalue weighted by Crippen LogP contribution is 2.43. The number of para-hydroxylation sites is 1. The number of nitrogens with one attached hydrogen (secondary N) is 1. The Labute approximate surface area is 126 Å². The Kier molecular flexibility index (Phi) is 5.35. The number of thioether (sulfide) groups is 1. The number of urea groups is 1. The number of anilines is 1. The molecule has 1 aliphatic heterocycles. The van der Waals surface area contributed by atoms with Crippen molar-refractivity contribution in [1.29, 1.82) is 0 Å². The average molecular weight is 292 g/mol. The quantitative estimate of drug-likeness (QED) is 0.862. The first-order valence-corrected chi connectivity index (χ1v) is 8.48. The molecule has 4 heteroatoms. The zero-order valence-corrected chi connectivity index (χ0v) is 13.2. The van der Waals surface area contributed by atoms with Gasteiger partial charge in [0.2, 0.25) is 0 Å². The van der Waals surface area contributed by atoms with Crippen molar-refractivity contribution in [3.63, 3.8) is 0 Å². The van der Waals surface area contributed by atoms with E-state index in [1.54, 1.807) is 0 Å². The molecule has 0 aliphatic carbocycles. The molecule has 20 heavy (non-hydrogen) atoms. The van der Waals surface area contributed by atoms with E-state index in [2.05, 4.69) is 24.1 Å². The van der Waals surface area contributed by atoms with Crippen LogP contribution in [0.1, 0.15) is 39.5 Å². The molecule has 0 unspecified atom stereocenters. The van der Waals surface area contributed by atoms with Gasteiger partial charge in [0.25, 0.3) is 0 Å². The van der Waals surface area contributed by atoms with E-state index in [0.29, 0.717) is 0 Å². The van der Waals surface area contributed by atoms with Crippen molar-refractivity contribution in [2.24, 2.45) is 0 Å². The molecule has 0 atom stereocenters. The molecule has 0 bridgehead atoms. The SMILES string of the molecule is CCCC1(CCC)SCCN1C(=O)Nc1ccccc1. The fourth-order valence-electron chi connectivity index (χ4n) is 2.93. The first-order chi connectivity index (χ1) is 9.72. The third kappa shape index (κ3) is 3.29. The van der Waals surface area contributed by atoms with Gasteiger partial charge in [0.05, 0.1) is 4.87 Å². The summed E-state index contributed by atoms with van der Waals surface area (Å²) in [5.41, 5.74) is 0.872. The van der Waals surface area contributed by atoms with Crippen LogP contribution in [-0.2, 0) is 0 Å². The van der Waals surface area contributed by atoms with Gasteiger partial charge >= 0.3 is 6.03 Å². The van der Waals surface area contributed by atoms with Gasteiger partial charge in [-0.05, 0) is 25.0 Å². The molecule has 3 nitrogen and oxygen atoms in total. The highest BCUT2D eigenvalue weighted by molar-refractivity contribution is 8.00. The van der Waals surface area contributed by atoms with Gasteiger partial charge < -0.3 is 10.2 Å². The summed E-state index contributed by atoms with van der Waals surface area (Å²) in [4.78, 5) is 14.6. The van der Waals surface area contributed by atoms with Crippen LogP contribution in [0.2, 0.25) is 0 Å². The molecule has 0 radical (unpaired) electrons. The molecule has 1 aromatic rings. The third-order valence-corrected chi connectivity index (χ3v) is 5.28. The molecule has 1 N–H and O–H groups in total. The van der Waals surface area contributed by atoms with E-state index in [1.807, 2.05) is 42.1 Å². The van der Waals surface area contributed by atoms with Gasteiger partial charge in [-0.15, -0.1) is 11.8 Å². The predicted molar refractivity (Wildman–Crippen MR) is 87.2 cm³/mol. The number of rotatable bonds is 5. The summed E-state index contributed by atoms with van der Waals surface area (Å²) in [6.07, 6.45) is 4.38. The fraction of sp³-hybridized carbons (Fsp3) is 0.562. The zero-order chi connectivity index (χ0) is 14.4. The minimum atomic E-state index is 0.00234. The Morgan fingerprint density at radius 2 is 1.90 bits per heavy atom. The van der Waals surface area contributed by atoms with Crippen molar-refractivity contribution in [2.75, 3.05) is 17.6 Å². The van der Waals surface area contributed by atoms with Crippen LogP contribution in [0.5, 0.6) is 0 Å². The lowest BCUT2D eigenvalue weighted by Crippen LogP contribution is -2.47. The maximum absolute atomic E-state index is 12.6. The number of hydrogen-bond donors (Lipinski definition) is 1. The summed E-state index contributed by atoms with van der Waals surface area (Å²) in [5, 5.41) is 3.03. The van der Waals surface area contributed by atoms with Crippen LogP contribution in [0, 0.1) is 0 Å². The number of carbonyl (C=O) groups is 1. The molecular weight excluding hydrogens is 268 g/mol. The zero-order valence-electron chi connectivity index (χ0n) is 12.4. The highest BCUT2D eigenvalue weighted by atomic mass is 32.2. The molecule has 1 heterocycles. The van der Waals surface area contributed by atoms with Gasteiger partial charge in [-0.25, -0.2) is 4.79 Å². The Balaban J connectivity index is 2.10. The van der Waals surface area contributed by atoms with Crippen LogP contribution in [0.25, 0.3) is 0 Å². The normalized spacial score (nSPS) is 17.2. The Morgan fingerprint density at radius 3 is 2.50 bits per heavy atom. The van der Waals surface area contributed by atoms with E-state index in [-0.39, 0.29) is 10.9 Å². The topological polar surface area (TPSA) is 32.3 Å². The second-order valence-electron chi connectivity index (χ2n) is 5.24. The van der Waals surface area contributed by atoms with E-state index in [0.717, 1.165) is 43.7 Å². The van der Waals surface area contributed by atoms with Crippen molar-refractivity contribution in [2.45, 2.75) is 44.4 Å². The maximum Gasteiger partial charge on any atom is 0.322 e. The average Bonchev–Trinajstić information content (AvgIpc) is 2.84. The van der Waals surface area contributed by atoms with Gasteiger partial charge in [-0.2, -0.15) is 0 Å². The largest absolute Gasteiger partial charge is 0.322 e. The fourth-order valence-corrected chi connectivity index (χ4v) is 4.61. The monoisotopic (exact) mass is 292 g/mol. The molecule has 1 aromatic carbocycles. The molecule has 2 rings (SSSR count). The first-order valence-electron chi connectivity index (χ1n) is 7.49. The number of nitrogens with zero attached hydrogens (tertiary/aromatic N) is 1. The number of carbonyl (C=O) groups excluding carboxylic acids is 1. The molecule has 1 aliphatic rings. The van der Waals surface area contributed by atoms with E-state index in [9.17, 15) is 4.79 Å². The Morgan fingerprint density at radius 1 is 1.25 bits per heavy atom. The van der Waals surface area contributed by atoms with Crippen molar-refractivity contribution in [3.05, 3.63) is 30.3 Å². The lowest BCUT2D eigenvalue weighted by Gasteiger charge is -2.37. The lowest BCUT2D eigenvalue weighted by molar-refractivity contribution is 0.176. The number of amides is 2. The van der Waals surface area contributed by atoms with Crippen LogP contribution in [-0.4, -0.2) is 28.1 Å². The van der Waals surface area contributed by atoms with Crippen molar-refractivity contribution in [3.8, 4) is 0 Å². The smallest absolute Gasteiger partial charge is 0.309 e. The summed E-state index contributed by atoms with van der Waals surface area (Å²) >= 11 is 1.95. The van der Waals surface area contributed by atoms with Crippen LogP contribution in [0.3, 0.4) is 0 Å². The summed E-state index contributed by atoms with van der Waals surface area (Å²) in [7, 11) is 0. The molecule has 1 fully saturated rings.